The summed E-state index contributed by atoms with van der Waals surface area (Å²) in [5.41, 5.74) is 4.33. The van der Waals surface area contributed by atoms with Gasteiger partial charge < -0.3 is 5.73 Å². The fourth-order valence-corrected chi connectivity index (χ4v) is 5.81. The first-order chi connectivity index (χ1) is 14.8. The number of carbonyl (C=O) groups excluding carboxylic acids is 1. The Hall–Kier alpha value is -2.02. The highest BCUT2D eigenvalue weighted by atomic mass is 32.2. The van der Waals surface area contributed by atoms with E-state index in [0.717, 1.165) is 25.7 Å². The van der Waals surface area contributed by atoms with Gasteiger partial charge in [0.15, 0.2) is 5.78 Å². The summed E-state index contributed by atoms with van der Waals surface area (Å²) in [4.78, 5) is 40.9. The highest BCUT2D eigenvalue weighted by Gasteiger charge is 2.33. The third-order valence-electron chi connectivity index (χ3n) is 5.88. The van der Waals surface area contributed by atoms with Crippen LogP contribution in [0.4, 0.5) is 5.82 Å². The summed E-state index contributed by atoms with van der Waals surface area (Å²) in [5, 5.41) is 0. The normalized spacial score (nSPS) is 19.9. The van der Waals surface area contributed by atoms with Gasteiger partial charge in [0.1, 0.15) is 11.4 Å². The molecule has 0 aliphatic carbocycles. The van der Waals surface area contributed by atoms with Crippen molar-refractivity contribution in [3.8, 4) is 0 Å². The second-order valence-corrected chi connectivity index (χ2v) is 10.0. The lowest BCUT2D eigenvalue weighted by Crippen LogP contribution is -2.54. The smallest absolute Gasteiger partial charge is 0.329 e. The average molecular weight is 457 g/mol. The van der Waals surface area contributed by atoms with Crippen LogP contribution in [0.5, 0.6) is 0 Å². The van der Waals surface area contributed by atoms with Crippen molar-refractivity contribution in [1.82, 2.24) is 23.1 Å². The van der Waals surface area contributed by atoms with E-state index >= 15 is 0 Å². The number of nitrogen functional groups attached to an aromatic ring is 1. The van der Waals surface area contributed by atoms with Crippen LogP contribution < -0.4 is 17.0 Å². The van der Waals surface area contributed by atoms with E-state index in [0.29, 0.717) is 39.1 Å². The fraction of sp³-hybridized carbons (Fsp3) is 0.737. The van der Waals surface area contributed by atoms with Crippen LogP contribution in [0.15, 0.2) is 9.59 Å². The summed E-state index contributed by atoms with van der Waals surface area (Å²) < 4.78 is 30.1. The number of piperazine rings is 1. The molecule has 0 spiro atoms. The molecular weight excluding hydrogens is 424 g/mol. The van der Waals surface area contributed by atoms with Gasteiger partial charge in [0, 0.05) is 45.8 Å². The van der Waals surface area contributed by atoms with E-state index in [4.69, 9.17) is 5.73 Å². The number of aromatic nitrogens is 2. The lowest BCUT2D eigenvalue weighted by atomic mass is 10.1. The van der Waals surface area contributed by atoms with Crippen LogP contribution in [-0.4, -0.2) is 83.1 Å². The molecule has 3 heterocycles. The van der Waals surface area contributed by atoms with Gasteiger partial charge in [-0.1, -0.05) is 19.8 Å². The standard InChI is InChI=1S/C19H32N6O5S/c1-2-7-25-17(20)16(18(27)21-19(25)28)15(26)14-22-10-12-24(13-11-22)31(29,30)23-8-5-3-4-6-9-23/h2-14,20H2,1H3,(H,21,27,28). The van der Waals surface area contributed by atoms with Crippen LogP contribution in [0, 0.1) is 0 Å². The number of hydrogen-bond donors (Lipinski definition) is 2. The molecule has 2 aliphatic heterocycles. The molecule has 3 N–H and O–H groups in total. The minimum atomic E-state index is -3.50. The highest BCUT2D eigenvalue weighted by Crippen LogP contribution is 2.18. The van der Waals surface area contributed by atoms with Crippen molar-refractivity contribution in [2.24, 2.45) is 0 Å². The maximum Gasteiger partial charge on any atom is 0.329 e. The Kier molecular flexibility index (Phi) is 7.68. The number of nitrogens with two attached hydrogens (primary N) is 1. The summed E-state index contributed by atoms with van der Waals surface area (Å²) in [6.07, 6.45) is 4.48. The number of H-pyrrole nitrogens is 1. The van der Waals surface area contributed by atoms with E-state index in [9.17, 15) is 22.8 Å². The second kappa shape index (κ2) is 10.1. The number of nitrogens with zero attached hydrogens (tertiary/aromatic N) is 4. The van der Waals surface area contributed by atoms with Crippen molar-refractivity contribution in [3.05, 3.63) is 26.4 Å². The van der Waals surface area contributed by atoms with Crippen molar-refractivity contribution in [1.29, 1.82) is 0 Å². The summed E-state index contributed by atoms with van der Waals surface area (Å²) >= 11 is 0. The van der Waals surface area contributed by atoms with E-state index in [2.05, 4.69) is 4.98 Å². The van der Waals surface area contributed by atoms with Crippen LogP contribution in [0.1, 0.15) is 49.4 Å². The Morgan fingerprint density at radius 1 is 0.968 bits per heavy atom. The molecule has 1 aromatic rings. The largest absolute Gasteiger partial charge is 0.384 e. The third-order valence-corrected chi connectivity index (χ3v) is 7.92. The molecule has 3 rings (SSSR count). The van der Waals surface area contributed by atoms with E-state index < -0.39 is 27.2 Å². The average Bonchev–Trinajstić information content (AvgIpc) is 3.01. The molecule has 11 nitrogen and oxygen atoms in total. The Balaban J connectivity index is 1.65. The van der Waals surface area contributed by atoms with Gasteiger partial charge in [-0.2, -0.15) is 17.0 Å². The zero-order chi connectivity index (χ0) is 22.6. The topological polar surface area (TPSA) is 142 Å². The van der Waals surface area contributed by atoms with E-state index in [1.807, 2.05) is 11.8 Å². The number of anilines is 1. The maximum atomic E-state index is 12.9. The van der Waals surface area contributed by atoms with Crippen LogP contribution >= 0.6 is 0 Å². The maximum absolute atomic E-state index is 12.9. The molecule has 2 aliphatic rings. The molecule has 2 saturated heterocycles. The first-order valence-electron chi connectivity index (χ1n) is 10.9. The third kappa shape index (κ3) is 5.25. The van der Waals surface area contributed by atoms with Crippen molar-refractivity contribution < 1.29 is 13.2 Å². The van der Waals surface area contributed by atoms with Crippen molar-refractivity contribution >= 4 is 21.8 Å². The monoisotopic (exact) mass is 456 g/mol. The number of hydrogen-bond acceptors (Lipinski definition) is 7. The summed E-state index contributed by atoms with van der Waals surface area (Å²) in [6.45, 7) is 4.53. The highest BCUT2D eigenvalue weighted by molar-refractivity contribution is 7.86. The zero-order valence-corrected chi connectivity index (χ0v) is 18.8. The fourth-order valence-electron chi connectivity index (χ4n) is 4.14. The number of rotatable bonds is 7. The predicted octanol–water partition coefficient (Wildman–Crippen LogP) is -0.550. The molecule has 0 saturated carbocycles. The van der Waals surface area contributed by atoms with E-state index in [-0.39, 0.29) is 31.0 Å². The quantitative estimate of drug-likeness (QED) is 0.524. The minimum absolute atomic E-state index is 0.0603. The molecule has 0 radical (unpaired) electrons. The summed E-state index contributed by atoms with van der Waals surface area (Å²) in [5.74, 6) is -0.601. The molecule has 174 valence electrons. The van der Waals surface area contributed by atoms with E-state index in [1.54, 1.807) is 4.31 Å². The Labute approximate surface area is 182 Å². The first kappa shape index (κ1) is 23.6. The number of nitrogens with one attached hydrogen (secondary N) is 1. The molecule has 12 heteroatoms. The van der Waals surface area contributed by atoms with Crippen molar-refractivity contribution in [3.63, 3.8) is 0 Å². The van der Waals surface area contributed by atoms with Gasteiger partial charge >= 0.3 is 5.69 Å². The number of aromatic amines is 1. The van der Waals surface area contributed by atoms with Gasteiger partial charge in [-0.3, -0.25) is 24.0 Å². The molecule has 0 atom stereocenters. The van der Waals surface area contributed by atoms with Crippen molar-refractivity contribution in [2.45, 2.75) is 45.6 Å². The van der Waals surface area contributed by atoms with E-state index in [1.165, 1.54) is 8.87 Å². The molecule has 0 unspecified atom stereocenters. The summed E-state index contributed by atoms with van der Waals surface area (Å²) in [6, 6.07) is 0. The second-order valence-electron chi connectivity index (χ2n) is 8.09. The molecule has 1 aromatic heterocycles. The van der Waals surface area contributed by atoms with Gasteiger partial charge in [0.25, 0.3) is 15.8 Å². The molecule has 2 fully saturated rings. The lowest BCUT2D eigenvalue weighted by Gasteiger charge is -2.36. The van der Waals surface area contributed by atoms with Gasteiger partial charge in [0.2, 0.25) is 0 Å². The number of carbonyl (C=O) groups is 1. The molecule has 0 bridgehead atoms. The van der Waals surface area contributed by atoms with Crippen LogP contribution in [-0.2, 0) is 16.8 Å². The molecule has 0 aromatic carbocycles. The predicted molar refractivity (Wildman–Crippen MR) is 117 cm³/mol. The Bertz CT molecular complexity index is 1000. The summed E-state index contributed by atoms with van der Waals surface area (Å²) in [7, 11) is -3.50. The minimum Gasteiger partial charge on any atom is -0.384 e. The van der Waals surface area contributed by atoms with Gasteiger partial charge in [-0.05, 0) is 19.3 Å². The SMILES string of the molecule is CCCn1c(N)c(C(=O)CN2CCN(S(=O)(=O)N3CCCCCC3)CC2)c(=O)[nH]c1=O. The number of ketones is 1. The first-order valence-corrected chi connectivity index (χ1v) is 12.3. The van der Waals surface area contributed by atoms with Crippen LogP contribution in [0.25, 0.3) is 0 Å². The molecular formula is C19H32N6O5S. The van der Waals surface area contributed by atoms with Gasteiger partial charge in [-0.25, -0.2) is 4.79 Å². The van der Waals surface area contributed by atoms with Gasteiger partial charge in [0.05, 0.1) is 6.54 Å². The zero-order valence-electron chi connectivity index (χ0n) is 18.0. The Morgan fingerprint density at radius 2 is 1.55 bits per heavy atom. The van der Waals surface area contributed by atoms with Gasteiger partial charge in [-0.15, -0.1) is 0 Å². The number of Topliss-reactive ketones (excluding diaryl/α,β-unsaturated/α-hetero) is 1. The molecule has 31 heavy (non-hydrogen) atoms. The van der Waals surface area contributed by atoms with Crippen LogP contribution in [0.3, 0.4) is 0 Å². The molecule has 0 amide bonds. The Morgan fingerprint density at radius 3 is 2.13 bits per heavy atom. The van der Waals surface area contributed by atoms with Crippen molar-refractivity contribution in [2.75, 3.05) is 51.5 Å². The lowest BCUT2D eigenvalue weighted by molar-refractivity contribution is 0.0898. The van der Waals surface area contributed by atoms with Crippen LogP contribution in [0.2, 0.25) is 0 Å².